The third-order valence-corrected chi connectivity index (χ3v) is 3.70. The van der Waals surface area contributed by atoms with Crippen LogP contribution in [0.4, 0.5) is 0 Å². The zero-order chi connectivity index (χ0) is 15.1. The van der Waals surface area contributed by atoms with Gasteiger partial charge in [-0.2, -0.15) is 0 Å². The SMILES string of the molecule is CN1C(=O)CC[C@H]1C(=O)ON1C(=O)c2ccccc2C1=O. The van der Waals surface area contributed by atoms with Crippen LogP contribution in [0.1, 0.15) is 33.6 Å². The average Bonchev–Trinajstić information content (AvgIpc) is 2.93. The molecule has 1 saturated heterocycles. The van der Waals surface area contributed by atoms with Gasteiger partial charge in [0.1, 0.15) is 6.04 Å². The van der Waals surface area contributed by atoms with Gasteiger partial charge in [0, 0.05) is 13.5 Å². The number of hydrogen-bond acceptors (Lipinski definition) is 5. The smallest absolute Gasteiger partial charge is 0.332 e. The Hall–Kier alpha value is -2.70. The largest absolute Gasteiger partial charge is 0.355 e. The molecule has 0 N–H and O–H groups in total. The lowest BCUT2D eigenvalue weighted by molar-refractivity contribution is -0.174. The molecule has 1 aromatic rings. The molecule has 0 spiro atoms. The Labute approximate surface area is 120 Å². The molecule has 1 aromatic carbocycles. The van der Waals surface area contributed by atoms with Crippen LogP contribution in [0.25, 0.3) is 0 Å². The van der Waals surface area contributed by atoms with Crippen LogP contribution in [0, 0.1) is 0 Å². The van der Waals surface area contributed by atoms with Gasteiger partial charge in [0.25, 0.3) is 11.8 Å². The van der Waals surface area contributed by atoms with Crippen LogP contribution in [0.15, 0.2) is 24.3 Å². The second-order valence-corrected chi connectivity index (χ2v) is 4.92. The van der Waals surface area contributed by atoms with Crippen LogP contribution in [-0.2, 0) is 14.4 Å². The molecule has 0 radical (unpaired) electrons. The van der Waals surface area contributed by atoms with E-state index in [0.717, 1.165) is 0 Å². The van der Waals surface area contributed by atoms with E-state index in [2.05, 4.69) is 0 Å². The number of likely N-dealkylation sites (tertiary alicyclic amines) is 1. The molecule has 1 fully saturated rings. The normalized spacial score (nSPS) is 21.0. The van der Waals surface area contributed by atoms with Crippen LogP contribution < -0.4 is 0 Å². The minimum Gasteiger partial charge on any atom is -0.332 e. The highest BCUT2D eigenvalue weighted by atomic mass is 16.7. The van der Waals surface area contributed by atoms with Crippen molar-refractivity contribution in [3.63, 3.8) is 0 Å². The summed E-state index contributed by atoms with van der Waals surface area (Å²) in [5.74, 6) is -2.29. The van der Waals surface area contributed by atoms with Gasteiger partial charge in [0.2, 0.25) is 5.91 Å². The van der Waals surface area contributed by atoms with Crippen molar-refractivity contribution in [1.82, 2.24) is 9.96 Å². The molecular formula is C14H12N2O5. The number of amides is 3. The first kappa shape index (κ1) is 13.3. The first-order valence-corrected chi connectivity index (χ1v) is 6.46. The zero-order valence-corrected chi connectivity index (χ0v) is 11.2. The van der Waals surface area contributed by atoms with Gasteiger partial charge in [0.15, 0.2) is 0 Å². The molecule has 0 aliphatic carbocycles. The maximum Gasteiger partial charge on any atom is 0.355 e. The third kappa shape index (κ3) is 1.97. The number of fused-ring (bicyclic) bond motifs is 1. The molecule has 2 aliphatic heterocycles. The maximum absolute atomic E-state index is 12.1. The molecule has 2 aliphatic rings. The molecule has 0 unspecified atom stereocenters. The number of hydrogen-bond donors (Lipinski definition) is 0. The van der Waals surface area contributed by atoms with Gasteiger partial charge < -0.3 is 9.74 Å². The molecule has 2 heterocycles. The van der Waals surface area contributed by atoms with Crippen LogP contribution in [0.5, 0.6) is 0 Å². The highest BCUT2D eigenvalue weighted by molar-refractivity contribution is 6.20. The van der Waals surface area contributed by atoms with Gasteiger partial charge >= 0.3 is 5.97 Å². The van der Waals surface area contributed by atoms with E-state index in [4.69, 9.17) is 4.84 Å². The van der Waals surface area contributed by atoms with Gasteiger partial charge in [-0.3, -0.25) is 14.4 Å². The molecule has 0 saturated carbocycles. The van der Waals surface area contributed by atoms with Crippen molar-refractivity contribution in [3.8, 4) is 0 Å². The van der Waals surface area contributed by atoms with Crippen molar-refractivity contribution in [2.75, 3.05) is 7.05 Å². The predicted molar refractivity (Wildman–Crippen MR) is 68.8 cm³/mol. The number of carbonyl (C=O) groups excluding carboxylic acids is 4. The van der Waals surface area contributed by atoms with Crippen LogP contribution in [0.2, 0.25) is 0 Å². The molecule has 108 valence electrons. The van der Waals surface area contributed by atoms with Gasteiger partial charge in [0.05, 0.1) is 11.1 Å². The molecule has 1 atom stereocenters. The Bertz CT molecular complexity index is 634. The first-order valence-electron chi connectivity index (χ1n) is 6.46. The second-order valence-electron chi connectivity index (χ2n) is 4.92. The van der Waals surface area contributed by atoms with E-state index >= 15 is 0 Å². The number of nitrogens with zero attached hydrogens (tertiary/aromatic N) is 2. The van der Waals surface area contributed by atoms with Crippen LogP contribution >= 0.6 is 0 Å². The number of carbonyl (C=O) groups is 4. The van der Waals surface area contributed by atoms with Crippen molar-refractivity contribution >= 4 is 23.7 Å². The number of likely N-dealkylation sites (N-methyl/N-ethyl adjacent to an activating group) is 1. The van der Waals surface area contributed by atoms with E-state index in [0.29, 0.717) is 11.5 Å². The quantitative estimate of drug-likeness (QED) is 0.734. The maximum atomic E-state index is 12.1. The monoisotopic (exact) mass is 288 g/mol. The second kappa shape index (κ2) is 4.69. The summed E-state index contributed by atoms with van der Waals surface area (Å²) in [4.78, 5) is 53.7. The third-order valence-electron chi connectivity index (χ3n) is 3.70. The molecule has 3 amide bonds. The van der Waals surface area contributed by atoms with E-state index in [1.165, 1.54) is 24.1 Å². The van der Waals surface area contributed by atoms with Gasteiger partial charge in [-0.05, 0) is 18.6 Å². The molecule has 0 bridgehead atoms. The topological polar surface area (TPSA) is 84.0 Å². The number of benzene rings is 1. The average molecular weight is 288 g/mol. The first-order chi connectivity index (χ1) is 10.0. The fraction of sp³-hybridized carbons (Fsp3) is 0.286. The van der Waals surface area contributed by atoms with Crippen molar-refractivity contribution in [2.24, 2.45) is 0 Å². The lowest BCUT2D eigenvalue weighted by Gasteiger charge is -2.20. The lowest BCUT2D eigenvalue weighted by Crippen LogP contribution is -2.42. The van der Waals surface area contributed by atoms with Crippen molar-refractivity contribution < 1.29 is 24.0 Å². The van der Waals surface area contributed by atoms with Crippen molar-refractivity contribution in [2.45, 2.75) is 18.9 Å². The minimum absolute atomic E-state index is 0.167. The summed E-state index contributed by atoms with van der Waals surface area (Å²) < 4.78 is 0. The summed E-state index contributed by atoms with van der Waals surface area (Å²) in [5, 5.41) is 0.462. The highest BCUT2D eigenvalue weighted by Crippen LogP contribution is 2.24. The summed E-state index contributed by atoms with van der Waals surface area (Å²) in [6.45, 7) is 0. The van der Waals surface area contributed by atoms with Gasteiger partial charge in [-0.1, -0.05) is 17.2 Å². The Morgan fingerprint density at radius 2 is 1.71 bits per heavy atom. The molecule has 0 aromatic heterocycles. The minimum atomic E-state index is -0.780. The standard InChI is InChI=1S/C14H12N2O5/c1-15-10(6-7-11(15)17)14(20)21-16-12(18)8-4-2-3-5-9(8)13(16)19/h2-5,10H,6-7H2,1H3/t10-/m0/s1. The van der Waals surface area contributed by atoms with Gasteiger partial charge in [-0.15, -0.1) is 0 Å². The van der Waals surface area contributed by atoms with E-state index in [1.807, 2.05) is 0 Å². The van der Waals surface area contributed by atoms with Crippen molar-refractivity contribution in [1.29, 1.82) is 0 Å². The van der Waals surface area contributed by atoms with Gasteiger partial charge in [-0.25, -0.2) is 4.79 Å². The summed E-state index contributed by atoms with van der Waals surface area (Å²) >= 11 is 0. The molecule has 3 rings (SSSR count). The van der Waals surface area contributed by atoms with E-state index in [9.17, 15) is 19.2 Å². The summed E-state index contributed by atoms with van der Waals surface area (Å²) in [6, 6.07) is 5.47. The number of hydroxylamine groups is 2. The number of rotatable bonds is 2. The Morgan fingerprint density at radius 3 is 2.19 bits per heavy atom. The Kier molecular flexibility index (Phi) is 2.97. The summed E-state index contributed by atoms with van der Waals surface area (Å²) in [7, 11) is 1.49. The molecule has 7 nitrogen and oxygen atoms in total. The Balaban J connectivity index is 1.78. The highest BCUT2D eigenvalue weighted by Gasteiger charge is 2.42. The predicted octanol–water partition coefficient (Wildman–Crippen LogP) is 0.362. The molecule has 7 heteroatoms. The van der Waals surface area contributed by atoms with Crippen LogP contribution in [0.3, 0.4) is 0 Å². The zero-order valence-electron chi connectivity index (χ0n) is 11.2. The van der Waals surface area contributed by atoms with E-state index in [1.54, 1.807) is 12.1 Å². The summed E-state index contributed by atoms with van der Waals surface area (Å²) in [5.41, 5.74) is 0.400. The lowest BCUT2D eigenvalue weighted by atomic mass is 10.1. The molecule has 21 heavy (non-hydrogen) atoms. The summed E-state index contributed by atoms with van der Waals surface area (Å²) in [6.07, 6.45) is 0.565. The number of imide groups is 1. The molecular weight excluding hydrogens is 276 g/mol. The fourth-order valence-electron chi connectivity index (χ4n) is 2.48. The Morgan fingerprint density at radius 1 is 1.14 bits per heavy atom. The fourth-order valence-corrected chi connectivity index (χ4v) is 2.48. The van der Waals surface area contributed by atoms with Crippen molar-refractivity contribution in [3.05, 3.63) is 35.4 Å². The van der Waals surface area contributed by atoms with E-state index in [-0.39, 0.29) is 23.5 Å². The van der Waals surface area contributed by atoms with Crippen LogP contribution in [-0.4, -0.2) is 46.7 Å². The van der Waals surface area contributed by atoms with E-state index < -0.39 is 23.8 Å².